The van der Waals surface area contributed by atoms with Crippen LogP contribution >= 0.6 is 0 Å². The molecule has 0 radical (unpaired) electrons. The summed E-state index contributed by atoms with van der Waals surface area (Å²) < 4.78 is 1.83. The van der Waals surface area contributed by atoms with Gasteiger partial charge in [0.2, 0.25) is 5.91 Å². The fraction of sp³-hybridized carbons (Fsp3) is 0.714. The lowest BCUT2D eigenvalue weighted by Gasteiger charge is -2.25. The van der Waals surface area contributed by atoms with Gasteiger partial charge in [-0.25, -0.2) is 4.99 Å². The summed E-state index contributed by atoms with van der Waals surface area (Å²) in [5.41, 5.74) is 0. The van der Waals surface area contributed by atoms with Crippen molar-refractivity contribution in [1.82, 2.24) is 29.9 Å². The molecular weight excluding hydrogens is 282 g/mol. The topological polar surface area (TPSA) is 78.6 Å². The Balaban J connectivity index is 2.72. The van der Waals surface area contributed by atoms with E-state index in [0.29, 0.717) is 19.0 Å². The van der Waals surface area contributed by atoms with Crippen LogP contribution in [0.15, 0.2) is 11.3 Å². The molecule has 0 saturated heterocycles. The lowest BCUT2D eigenvalue weighted by atomic mass is 10.4. The molecule has 1 rings (SSSR count). The number of hydrogen-bond donors (Lipinski definition) is 1. The molecule has 8 heteroatoms. The van der Waals surface area contributed by atoms with Crippen LogP contribution in [0.4, 0.5) is 0 Å². The molecule has 1 aromatic heterocycles. The van der Waals surface area contributed by atoms with Crippen LogP contribution in [-0.4, -0.2) is 69.7 Å². The first-order valence-corrected chi connectivity index (χ1v) is 7.63. The SMILES string of the molecule is CCNC(=NCc1nncn1C)N(C)CC(=O)N(CC)CC. The van der Waals surface area contributed by atoms with Crippen molar-refractivity contribution in [2.24, 2.45) is 12.0 Å². The molecule has 0 spiro atoms. The predicted molar refractivity (Wildman–Crippen MR) is 86.4 cm³/mol. The normalized spacial score (nSPS) is 11.4. The molecule has 1 aromatic rings. The van der Waals surface area contributed by atoms with Crippen molar-refractivity contribution in [1.29, 1.82) is 0 Å². The largest absolute Gasteiger partial charge is 0.357 e. The number of rotatable bonds is 7. The molecule has 0 aliphatic carbocycles. The smallest absolute Gasteiger partial charge is 0.242 e. The fourth-order valence-corrected chi connectivity index (χ4v) is 2.02. The maximum atomic E-state index is 12.2. The minimum absolute atomic E-state index is 0.0942. The van der Waals surface area contributed by atoms with Crippen LogP contribution in [0.5, 0.6) is 0 Å². The Morgan fingerprint density at radius 2 is 2.05 bits per heavy atom. The number of nitrogens with zero attached hydrogens (tertiary/aromatic N) is 6. The summed E-state index contributed by atoms with van der Waals surface area (Å²) in [5.74, 6) is 1.56. The van der Waals surface area contributed by atoms with E-state index in [1.54, 1.807) is 6.33 Å². The van der Waals surface area contributed by atoms with Gasteiger partial charge in [-0.2, -0.15) is 0 Å². The Bertz CT molecular complexity index is 493. The number of amides is 1. The summed E-state index contributed by atoms with van der Waals surface area (Å²) in [6, 6.07) is 0. The maximum absolute atomic E-state index is 12.2. The lowest BCUT2D eigenvalue weighted by molar-refractivity contribution is -0.131. The van der Waals surface area contributed by atoms with Crippen LogP contribution < -0.4 is 5.32 Å². The van der Waals surface area contributed by atoms with Gasteiger partial charge in [-0.05, 0) is 20.8 Å². The molecule has 8 nitrogen and oxygen atoms in total. The summed E-state index contributed by atoms with van der Waals surface area (Å²) in [5, 5.41) is 11.0. The average molecular weight is 309 g/mol. The Hall–Kier alpha value is -2.12. The van der Waals surface area contributed by atoms with Crippen molar-refractivity contribution >= 4 is 11.9 Å². The van der Waals surface area contributed by atoms with Crippen molar-refractivity contribution in [2.75, 3.05) is 33.2 Å². The molecule has 1 heterocycles. The van der Waals surface area contributed by atoms with E-state index in [4.69, 9.17) is 0 Å². The first kappa shape index (κ1) is 17.9. The third kappa shape index (κ3) is 5.01. The average Bonchev–Trinajstić information content (AvgIpc) is 2.90. The number of likely N-dealkylation sites (N-methyl/N-ethyl adjacent to an activating group) is 2. The van der Waals surface area contributed by atoms with Gasteiger partial charge in [0.25, 0.3) is 0 Å². The monoisotopic (exact) mass is 309 g/mol. The van der Waals surface area contributed by atoms with E-state index in [-0.39, 0.29) is 5.91 Å². The number of carbonyl (C=O) groups is 1. The van der Waals surface area contributed by atoms with Crippen molar-refractivity contribution in [3.8, 4) is 0 Å². The van der Waals surface area contributed by atoms with E-state index in [0.717, 1.165) is 25.5 Å². The van der Waals surface area contributed by atoms with E-state index in [2.05, 4.69) is 20.5 Å². The van der Waals surface area contributed by atoms with Crippen LogP contribution in [0, 0.1) is 0 Å². The van der Waals surface area contributed by atoms with Gasteiger partial charge >= 0.3 is 0 Å². The molecule has 0 atom stereocenters. The van der Waals surface area contributed by atoms with E-state index in [9.17, 15) is 4.79 Å². The zero-order chi connectivity index (χ0) is 16.5. The summed E-state index contributed by atoms with van der Waals surface area (Å²) in [6.45, 7) is 8.85. The molecule has 0 aliphatic rings. The molecule has 0 unspecified atom stereocenters. The second kappa shape index (κ2) is 9.01. The Labute approximate surface area is 132 Å². The van der Waals surface area contributed by atoms with Crippen molar-refractivity contribution in [3.63, 3.8) is 0 Å². The molecule has 0 bridgehead atoms. The van der Waals surface area contributed by atoms with Gasteiger partial charge in [0, 0.05) is 33.7 Å². The van der Waals surface area contributed by atoms with Gasteiger partial charge < -0.3 is 19.7 Å². The van der Waals surface area contributed by atoms with Crippen LogP contribution in [-0.2, 0) is 18.4 Å². The summed E-state index contributed by atoms with van der Waals surface area (Å²) >= 11 is 0. The second-order valence-electron chi connectivity index (χ2n) is 4.95. The summed E-state index contributed by atoms with van der Waals surface area (Å²) in [7, 11) is 3.74. The van der Waals surface area contributed by atoms with E-state index >= 15 is 0 Å². The fourth-order valence-electron chi connectivity index (χ4n) is 2.02. The van der Waals surface area contributed by atoms with Crippen LogP contribution in [0.25, 0.3) is 0 Å². The molecule has 0 aliphatic heterocycles. The lowest BCUT2D eigenvalue weighted by Crippen LogP contribution is -2.45. The third-order valence-corrected chi connectivity index (χ3v) is 3.36. The highest BCUT2D eigenvalue weighted by molar-refractivity contribution is 5.86. The molecular formula is C14H27N7O. The first-order chi connectivity index (χ1) is 10.5. The molecule has 0 saturated carbocycles. The van der Waals surface area contributed by atoms with Crippen LogP contribution in [0.2, 0.25) is 0 Å². The number of guanidine groups is 1. The van der Waals surface area contributed by atoms with Crippen LogP contribution in [0.1, 0.15) is 26.6 Å². The number of nitrogens with one attached hydrogen (secondary N) is 1. The molecule has 0 fully saturated rings. The van der Waals surface area contributed by atoms with Gasteiger partial charge in [0.15, 0.2) is 11.8 Å². The highest BCUT2D eigenvalue weighted by atomic mass is 16.2. The molecule has 0 aromatic carbocycles. The first-order valence-electron chi connectivity index (χ1n) is 7.63. The highest BCUT2D eigenvalue weighted by Gasteiger charge is 2.15. The van der Waals surface area contributed by atoms with E-state index in [1.807, 2.05) is 49.2 Å². The van der Waals surface area contributed by atoms with Gasteiger partial charge in [-0.15, -0.1) is 10.2 Å². The Morgan fingerprint density at radius 3 is 2.55 bits per heavy atom. The quantitative estimate of drug-likeness (QED) is 0.570. The van der Waals surface area contributed by atoms with Gasteiger partial charge in [0.1, 0.15) is 12.9 Å². The molecule has 1 N–H and O–H groups in total. The maximum Gasteiger partial charge on any atom is 0.242 e. The van der Waals surface area contributed by atoms with Gasteiger partial charge in [-0.3, -0.25) is 4.79 Å². The number of aromatic nitrogens is 3. The molecule has 124 valence electrons. The van der Waals surface area contributed by atoms with Gasteiger partial charge in [-0.1, -0.05) is 0 Å². The number of carbonyl (C=O) groups excluding carboxylic acids is 1. The van der Waals surface area contributed by atoms with E-state index < -0.39 is 0 Å². The Kier molecular flexibility index (Phi) is 7.34. The van der Waals surface area contributed by atoms with E-state index in [1.165, 1.54) is 0 Å². The minimum atomic E-state index is 0.0942. The minimum Gasteiger partial charge on any atom is -0.357 e. The Morgan fingerprint density at radius 1 is 1.36 bits per heavy atom. The predicted octanol–water partition coefficient (Wildman–Crippen LogP) is 0.0808. The van der Waals surface area contributed by atoms with Crippen molar-refractivity contribution in [3.05, 3.63) is 12.2 Å². The van der Waals surface area contributed by atoms with Crippen LogP contribution in [0.3, 0.4) is 0 Å². The second-order valence-corrected chi connectivity index (χ2v) is 4.95. The molecule has 1 amide bonds. The van der Waals surface area contributed by atoms with Crippen molar-refractivity contribution in [2.45, 2.75) is 27.3 Å². The number of hydrogen-bond acceptors (Lipinski definition) is 4. The zero-order valence-electron chi connectivity index (χ0n) is 14.2. The highest BCUT2D eigenvalue weighted by Crippen LogP contribution is 1.98. The van der Waals surface area contributed by atoms with Crippen molar-refractivity contribution < 1.29 is 4.79 Å². The standard InChI is InChI=1S/C14H27N7O/c1-6-15-14(16-9-12-18-17-11-20(12)5)19(4)10-13(22)21(7-2)8-3/h11H,6-10H2,1-5H3,(H,15,16). The third-order valence-electron chi connectivity index (χ3n) is 3.36. The number of aryl methyl sites for hydroxylation is 1. The summed E-state index contributed by atoms with van der Waals surface area (Å²) in [6.07, 6.45) is 1.64. The summed E-state index contributed by atoms with van der Waals surface area (Å²) in [4.78, 5) is 20.3. The zero-order valence-corrected chi connectivity index (χ0v) is 14.2. The number of aliphatic imine (C=N–C) groups is 1. The van der Waals surface area contributed by atoms with Gasteiger partial charge in [0.05, 0.1) is 6.54 Å². The molecule has 22 heavy (non-hydrogen) atoms.